The Labute approximate surface area is 123 Å². The van der Waals surface area contributed by atoms with Gasteiger partial charge in [0.05, 0.1) is 0 Å². The van der Waals surface area contributed by atoms with Gasteiger partial charge in [0.25, 0.3) is 0 Å². The van der Waals surface area contributed by atoms with E-state index in [1.165, 1.54) is 43.4 Å². The first kappa shape index (κ1) is 13.9. The first-order valence-corrected chi connectivity index (χ1v) is 8.08. The second kappa shape index (κ2) is 4.75. The quantitative estimate of drug-likeness (QED) is 0.852. The van der Waals surface area contributed by atoms with Gasteiger partial charge in [-0.05, 0) is 61.0 Å². The molecule has 0 amide bonds. The Morgan fingerprint density at radius 2 is 1.75 bits per heavy atom. The van der Waals surface area contributed by atoms with Crippen molar-refractivity contribution in [1.29, 1.82) is 0 Å². The van der Waals surface area contributed by atoms with Crippen LogP contribution in [-0.2, 0) is 12.8 Å². The van der Waals surface area contributed by atoms with E-state index in [-0.39, 0.29) is 0 Å². The molecule has 1 aromatic heterocycles. The minimum absolute atomic E-state index is 0.427. The van der Waals surface area contributed by atoms with Crippen LogP contribution in [-0.4, -0.2) is 11.0 Å². The number of pyridine rings is 1. The molecule has 1 heterocycles. The molecule has 2 aliphatic carbocycles. The molecule has 20 heavy (non-hydrogen) atoms. The number of aryl methyl sites for hydroxylation is 2. The van der Waals surface area contributed by atoms with Crippen molar-refractivity contribution in [2.24, 2.45) is 10.8 Å². The summed E-state index contributed by atoms with van der Waals surface area (Å²) in [5.74, 6) is 1.09. The summed E-state index contributed by atoms with van der Waals surface area (Å²) in [6.45, 7) is 9.61. The lowest BCUT2D eigenvalue weighted by molar-refractivity contribution is 0.105. The van der Waals surface area contributed by atoms with Crippen LogP contribution >= 0.6 is 0 Å². The third kappa shape index (κ3) is 2.99. The van der Waals surface area contributed by atoms with E-state index < -0.39 is 0 Å². The van der Waals surface area contributed by atoms with Crippen molar-refractivity contribution >= 4 is 5.82 Å². The molecule has 2 heteroatoms. The lowest BCUT2D eigenvalue weighted by atomic mass is 9.63. The predicted molar refractivity (Wildman–Crippen MR) is 85.1 cm³/mol. The molecule has 0 aliphatic heterocycles. The Bertz CT molecular complexity index is 486. The van der Waals surface area contributed by atoms with Crippen molar-refractivity contribution in [3.05, 3.63) is 23.4 Å². The van der Waals surface area contributed by atoms with Crippen LogP contribution in [0.1, 0.15) is 64.6 Å². The standard InChI is InChI=1S/C18H28N2/c1-17(2)10-14(11-18(3,4)12-17)19-16-9-8-13-6-5-7-15(13)20-16/h8-9,14H,5-7,10-12H2,1-4H3,(H,19,20). The number of nitrogens with one attached hydrogen (secondary N) is 1. The Kier molecular flexibility index (Phi) is 3.30. The number of rotatable bonds is 2. The Hall–Kier alpha value is -1.05. The van der Waals surface area contributed by atoms with E-state index in [1.807, 2.05) is 0 Å². The highest BCUT2D eigenvalue weighted by Crippen LogP contribution is 2.46. The maximum Gasteiger partial charge on any atom is 0.126 e. The summed E-state index contributed by atoms with van der Waals surface area (Å²) < 4.78 is 0. The molecule has 0 spiro atoms. The molecule has 110 valence electrons. The van der Waals surface area contributed by atoms with Gasteiger partial charge < -0.3 is 5.32 Å². The maximum absolute atomic E-state index is 4.83. The van der Waals surface area contributed by atoms with Gasteiger partial charge >= 0.3 is 0 Å². The van der Waals surface area contributed by atoms with Crippen LogP contribution in [0.4, 0.5) is 5.82 Å². The number of nitrogens with zero attached hydrogens (tertiary/aromatic N) is 1. The number of aromatic nitrogens is 1. The summed E-state index contributed by atoms with van der Waals surface area (Å²) in [6.07, 6.45) is 7.45. The number of hydrogen-bond acceptors (Lipinski definition) is 2. The molecule has 1 saturated carbocycles. The van der Waals surface area contributed by atoms with Crippen LogP contribution in [0.3, 0.4) is 0 Å². The molecule has 0 bridgehead atoms. The minimum Gasteiger partial charge on any atom is -0.367 e. The third-order valence-electron chi connectivity index (χ3n) is 4.84. The highest BCUT2D eigenvalue weighted by molar-refractivity contribution is 5.41. The molecule has 0 aromatic carbocycles. The molecule has 0 atom stereocenters. The summed E-state index contributed by atoms with van der Waals surface area (Å²) >= 11 is 0. The Morgan fingerprint density at radius 3 is 2.45 bits per heavy atom. The second-order valence-corrected chi connectivity index (χ2v) is 8.41. The Morgan fingerprint density at radius 1 is 1.05 bits per heavy atom. The lowest BCUT2D eigenvalue weighted by Crippen LogP contribution is -2.40. The van der Waals surface area contributed by atoms with Gasteiger partial charge in [0.1, 0.15) is 5.82 Å². The molecule has 0 radical (unpaired) electrons. The summed E-state index contributed by atoms with van der Waals surface area (Å²) in [5, 5.41) is 3.71. The summed E-state index contributed by atoms with van der Waals surface area (Å²) in [7, 11) is 0. The normalized spacial score (nSPS) is 24.4. The topological polar surface area (TPSA) is 24.9 Å². The van der Waals surface area contributed by atoms with Crippen molar-refractivity contribution in [2.45, 2.75) is 72.3 Å². The van der Waals surface area contributed by atoms with E-state index in [4.69, 9.17) is 4.98 Å². The van der Waals surface area contributed by atoms with Gasteiger partial charge in [0, 0.05) is 11.7 Å². The van der Waals surface area contributed by atoms with Crippen LogP contribution in [0.2, 0.25) is 0 Å². The van der Waals surface area contributed by atoms with Crippen molar-refractivity contribution in [3.8, 4) is 0 Å². The van der Waals surface area contributed by atoms with Crippen LogP contribution in [0.5, 0.6) is 0 Å². The van der Waals surface area contributed by atoms with Gasteiger partial charge in [-0.25, -0.2) is 4.98 Å². The zero-order chi connectivity index (χ0) is 14.4. The minimum atomic E-state index is 0.427. The van der Waals surface area contributed by atoms with E-state index in [0.717, 1.165) is 12.2 Å². The molecule has 1 fully saturated rings. The average Bonchev–Trinajstić information content (AvgIpc) is 2.71. The number of fused-ring (bicyclic) bond motifs is 1. The van der Waals surface area contributed by atoms with E-state index in [2.05, 4.69) is 45.1 Å². The number of anilines is 1. The average molecular weight is 272 g/mol. The van der Waals surface area contributed by atoms with Gasteiger partial charge in [-0.1, -0.05) is 33.8 Å². The first-order chi connectivity index (χ1) is 9.33. The summed E-state index contributed by atoms with van der Waals surface area (Å²) in [6, 6.07) is 5.01. The zero-order valence-corrected chi connectivity index (χ0v) is 13.4. The highest BCUT2D eigenvalue weighted by atomic mass is 15.0. The molecular formula is C18H28N2. The van der Waals surface area contributed by atoms with Gasteiger partial charge in [-0.3, -0.25) is 0 Å². The van der Waals surface area contributed by atoms with Gasteiger partial charge in [0.15, 0.2) is 0 Å². The van der Waals surface area contributed by atoms with E-state index in [1.54, 1.807) is 0 Å². The molecule has 0 unspecified atom stereocenters. The first-order valence-electron chi connectivity index (χ1n) is 8.08. The van der Waals surface area contributed by atoms with E-state index in [0.29, 0.717) is 16.9 Å². The molecule has 2 aliphatic rings. The molecule has 1 N–H and O–H groups in total. The van der Waals surface area contributed by atoms with Crippen LogP contribution in [0.15, 0.2) is 12.1 Å². The summed E-state index contributed by atoms with van der Waals surface area (Å²) in [4.78, 5) is 4.83. The molecule has 2 nitrogen and oxygen atoms in total. The van der Waals surface area contributed by atoms with Crippen LogP contribution in [0, 0.1) is 10.8 Å². The SMILES string of the molecule is CC1(C)CC(Nc2ccc3c(n2)CCC3)CC(C)(C)C1. The van der Waals surface area contributed by atoms with E-state index >= 15 is 0 Å². The zero-order valence-electron chi connectivity index (χ0n) is 13.4. The fourth-order valence-corrected chi connectivity index (χ4v) is 4.66. The van der Waals surface area contributed by atoms with Gasteiger partial charge in [0.2, 0.25) is 0 Å². The van der Waals surface area contributed by atoms with Crippen LogP contribution < -0.4 is 5.32 Å². The molecule has 1 aromatic rings. The Balaban J connectivity index is 1.74. The molecular weight excluding hydrogens is 244 g/mol. The summed E-state index contributed by atoms with van der Waals surface area (Å²) in [5.41, 5.74) is 3.64. The van der Waals surface area contributed by atoms with Crippen molar-refractivity contribution in [1.82, 2.24) is 4.98 Å². The molecule has 3 rings (SSSR count). The van der Waals surface area contributed by atoms with Crippen molar-refractivity contribution in [2.75, 3.05) is 5.32 Å². The van der Waals surface area contributed by atoms with Gasteiger partial charge in [-0.15, -0.1) is 0 Å². The largest absolute Gasteiger partial charge is 0.367 e. The van der Waals surface area contributed by atoms with E-state index in [9.17, 15) is 0 Å². The fourth-order valence-electron chi connectivity index (χ4n) is 4.66. The highest BCUT2D eigenvalue weighted by Gasteiger charge is 2.38. The maximum atomic E-state index is 4.83. The lowest BCUT2D eigenvalue weighted by Gasteiger charge is -2.45. The predicted octanol–water partition coefficient (Wildman–Crippen LogP) is 4.59. The fraction of sp³-hybridized carbons (Fsp3) is 0.722. The van der Waals surface area contributed by atoms with Crippen molar-refractivity contribution in [3.63, 3.8) is 0 Å². The third-order valence-corrected chi connectivity index (χ3v) is 4.84. The smallest absolute Gasteiger partial charge is 0.126 e. The van der Waals surface area contributed by atoms with Gasteiger partial charge in [-0.2, -0.15) is 0 Å². The monoisotopic (exact) mass is 272 g/mol. The van der Waals surface area contributed by atoms with Crippen LogP contribution in [0.25, 0.3) is 0 Å². The molecule has 0 saturated heterocycles. The number of hydrogen-bond donors (Lipinski definition) is 1. The van der Waals surface area contributed by atoms with Crippen molar-refractivity contribution < 1.29 is 0 Å². The second-order valence-electron chi connectivity index (χ2n) is 8.41.